The van der Waals surface area contributed by atoms with E-state index in [1.165, 1.54) is 0 Å². The summed E-state index contributed by atoms with van der Waals surface area (Å²) in [6.45, 7) is 5.88. The summed E-state index contributed by atoms with van der Waals surface area (Å²) < 4.78 is 7.89. The average molecular weight is 410 g/mol. The second kappa shape index (κ2) is 8.01. The quantitative estimate of drug-likeness (QED) is 0.793. The van der Waals surface area contributed by atoms with Gasteiger partial charge < -0.3 is 19.7 Å². The van der Waals surface area contributed by atoms with Crippen LogP contribution in [0.1, 0.15) is 43.8 Å². The second-order valence-electron chi connectivity index (χ2n) is 6.82. The molecule has 0 saturated carbocycles. The number of carbonyl (C=O) groups is 1. The number of amides is 1. The Morgan fingerprint density at radius 3 is 2.76 bits per heavy atom. The van der Waals surface area contributed by atoms with Gasteiger partial charge in [-0.2, -0.15) is 0 Å². The third kappa shape index (κ3) is 5.57. The van der Waals surface area contributed by atoms with Crippen molar-refractivity contribution in [1.29, 1.82) is 0 Å². The van der Waals surface area contributed by atoms with Gasteiger partial charge in [0, 0.05) is 30.5 Å². The van der Waals surface area contributed by atoms with Gasteiger partial charge in [0.1, 0.15) is 17.5 Å². The first kappa shape index (κ1) is 19.5. The van der Waals surface area contributed by atoms with Gasteiger partial charge in [-0.05, 0) is 50.5 Å². The summed E-state index contributed by atoms with van der Waals surface area (Å²) in [5.41, 5.74) is 1.17. The molecule has 2 N–H and O–H groups in total. The number of imidazole rings is 1. The van der Waals surface area contributed by atoms with Crippen molar-refractivity contribution >= 4 is 22.0 Å². The van der Waals surface area contributed by atoms with Gasteiger partial charge in [0.15, 0.2) is 0 Å². The van der Waals surface area contributed by atoms with E-state index in [0.717, 1.165) is 15.6 Å². The molecule has 25 heavy (non-hydrogen) atoms. The van der Waals surface area contributed by atoms with Crippen LogP contribution in [0.15, 0.2) is 35.1 Å². The molecule has 136 valence electrons. The highest BCUT2D eigenvalue weighted by Gasteiger charge is 2.19. The van der Waals surface area contributed by atoms with Crippen LogP contribution in [0.2, 0.25) is 0 Å². The maximum atomic E-state index is 11.7. The number of aliphatic hydroxyl groups is 1. The van der Waals surface area contributed by atoms with Gasteiger partial charge in [-0.15, -0.1) is 0 Å². The number of hydrogen-bond acceptors (Lipinski definition) is 4. The molecule has 1 amide bonds. The lowest BCUT2D eigenvalue weighted by molar-refractivity contribution is 0.0528. The van der Waals surface area contributed by atoms with E-state index in [4.69, 9.17) is 4.74 Å². The van der Waals surface area contributed by atoms with Crippen LogP contribution in [0.25, 0.3) is 0 Å². The third-order valence-electron chi connectivity index (χ3n) is 3.57. The number of benzene rings is 1. The van der Waals surface area contributed by atoms with Gasteiger partial charge >= 0.3 is 6.09 Å². The topological polar surface area (TPSA) is 76.4 Å². The Kier molecular flexibility index (Phi) is 6.24. The van der Waals surface area contributed by atoms with E-state index in [0.29, 0.717) is 18.8 Å². The molecule has 0 aliphatic carbocycles. The summed E-state index contributed by atoms with van der Waals surface area (Å²) in [5.74, 6) is 0.569. The highest BCUT2D eigenvalue weighted by Crippen LogP contribution is 2.27. The molecule has 1 atom stereocenters. The zero-order valence-corrected chi connectivity index (χ0v) is 16.5. The molecular formula is C18H24BrN3O3. The molecule has 7 heteroatoms. The Hall–Kier alpha value is -1.86. The Balaban J connectivity index is 2.09. The maximum Gasteiger partial charge on any atom is 0.407 e. The summed E-state index contributed by atoms with van der Waals surface area (Å²) in [6.07, 6.45) is 2.73. The Labute approximate surface area is 156 Å². The van der Waals surface area contributed by atoms with E-state index < -0.39 is 17.8 Å². The number of aromatic nitrogens is 2. The first-order valence-corrected chi connectivity index (χ1v) is 8.87. The smallest absolute Gasteiger partial charge is 0.407 e. The van der Waals surface area contributed by atoms with Gasteiger partial charge in [-0.1, -0.05) is 22.0 Å². The molecule has 0 radical (unpaired) electrons. The summed E-state index contributed by atoms with van der Waals surface area (Å²) in [7, 11) is 1.84. The number of alkyl carbamates (subject to hydrolysis) is 1. The third-order valence-corrected chi connectivity index (χ3v) is 4.06. The van der Waals surface area contributed by atoms with E-state index in [9.17, 15) is 9.90 Å². The van der Waals surface area contributed by atoms with Crippen molar-refractivity contribution in [2.45, 2.75) is 38.9 Å². The standard InChI is InChI=1S/C18H24BrN3O3/c1-18(2,3)25-17(24)21-8-7-12-5-6-13(19)11-14(12)15(23)16-20-9-10-22(16)4/h5-6,9-11,15,23H,7-8H2,1-4H3,(H,21,24). The molecule has 0 aliphatic heterocycles. The molecular weight excluding hydrogens is 386 g/mol. The van der Waals surface area contributed by atoms with Crippen LogP contribution in [-0.4, -0.2) is 32.9 Å². The van der Waals surface area contributed by atoms with Crippen LogP contribution < -0.4 is 5.32 Å². The van der Waals surface area contributed by atoms with E-state index in [1.54, 1.807) is 17.0 Å². The van der Waals surface area contributed by atoms with Crippen LogP contribution >= 0.6 is 15.9 Å². The molecule has 1 unspecified atom stereocenters. The number of nitrogens with zero attached hydrogens (tertiary/aromatic N) is 2. The number of carbonyl (C=O) groups excluding carboxylic acids is 1. The highest BCUT2D eigenvalue weighted by atomic mass is 79.9. The molecule has 0 spiro atoms. The first-order chi connectivity index (χ1) is 11.7. The van der Waals surface area contributed by atoms with Crippen molar-refractivity contribution in [3.05, 3.63) is 52.0 Å². The van der Waals surface area contributed by atoms with Crippen molar-refractivity contribution in [2.24, 2.45) is 7.05 Å². The lowest BCUT2D eigenvalue weighted by atomic mass is 9.99. The molecule has 0 saturated heterocycles. The molecule has 0 aliphatic rings. The molecule has 0 fully saturated rings. The molecule has 1 aromatic heterocycles. The van der Waals surface area contributed by atoms with E-state index in [-0.39, 0.29) is 0 Å². The van der Waals surface area contributed by atoms with Crippen LogP contribution in [0.4, 0.5) is 4.79 Å². The van der Waals surface area contributed by atoms with E-state index in [1.807, 2.05) is 46.0 Å². The normalized spacial score (nSPS) is 12.7. The zero-order valence-electron chi connectivity index (χ0n) is 14.9. The van der Waals surface area contributed by atoms with Crippen molar-refractivity contribution in [3.8, 4) is 0 Å². The fourth-order valence-electron chi connectivity index (χ4n) is 2.44. The first-order valence-electron chi connectivity index (χ1n) is 8.08. The minimum absolute atomic E-state index is 0.414. The number of hydrogen-bond donors (Lipinski definition) is 2. The lowest BCUT2D eigenvalue weighted by Crippen LogP contribution is -2.33. The van der Waals surface area contributed by atoms with Crippen LogP contribution in [0, 0.1) is 0 Å². The molecule has 2 aromatic rings. The van der Waals surface area contributed by atoms with Crippen LogP contribution in [-0.2, 0) is 18.2 Å². The van der Waals surface area contributed by atoms with Crippen molar-refractivity contribution in [2.75, 3.05) is 6.54 Å². The predicted octanol–water partition coefficient (Wildman–Crippen LogP) is 3.33. The molecule has 2 rings (SSSR count). The number of aliphatic hydroxyl groups excluding tert-OH is 1. The Morgan fingerprint density at radius 1 is 1.44 bits per heavy atom. The van der Waals surface area contributed by atoms with E-state index in [2.05, 4.69) is 26.2 Å². The van der Waals surface area contributed by atoms with Gasteiger partial charge in [0.05, 0.1) is 0 Å². The van der Waals surface area contributed by atoms with Gasteiger partial charge in [-0.3, -0.25) is 0 Å². The predicted molar refractivity (Wildman–Crippen MR) is 99.4 cm³/mol. The molecule has 1 aromatic carbocycles. The Morgan fingerprint density at radius 2 is 2.16 bits per heavy atom. The molecule has 1 heterocycles. The number of halogens is 1. The summed E-state index contributed by atoms with van der Waals surface area (Å²) >= 11 is 3.44. The van der Waals surface area contributed by atoms with E-state index >= 15 is 0 Å². The number of rotatable bonds is 5. The lowest BCUT2D eigenvalue weighted by Gasteiger charge is -2.20. The fraction of sp³-hybridized carbons (Fsp3) is 0.444. The van der Waals surface area contributed by atoms with Crippen molar-refractivity contribution in [1.82, 2.24) is 14.9 Å². The summed E-state index contributed by atoms with van der Waals surface area (Å²) in [4.78, 5) is 16.0. The summed E-state index contributed by atoms with van der Waals surface area (Å²) in [6, 6.07) is 5.72. The number of ether oxygens (including phenoxy) is 1. The minimum atomic E-state index is -0.839. The van der Waals surface area contributed by atoms with Gasteiger partial charge in [-0.25, -0.2) is 9.78 Å². The SMILES string of the molecule is Cn1ccnc1C(O)c1cc(Br)ccc1CCNC(=O)OC(C)(C)C. The zero-order chi connectivity index (χ0) is 18.6. The summed E-state index contributed by atoms with van der Waals surface area (Å²) in [5, 5.41) is 13.5. The highest BCUT2D eigenvalue weighted by molar-refractivity contribution is 9.10. The van der Waals surface area contributed by atoms with Crippen LogP contribution in [0.3, 0.4) is 0 Å². The van der Waals surface area contributed by atoms with Crippen LogP contribution in [0.5, 0.6) is 0 Å². The average Bonchev–Trinajstić information content (AvgIpc) is 2.92. The minimum Gasteiger partial charge on any atom is -0.444 e. The Bertz CT molecular complexity index is 737. The van der Waals surface area contributed by atoms with Gasteiger partial charge in [0.25, 0.3) is 0 Å². The van der Waals surface area contributed by atoms with Crippen molar-refractivity contribution in [3.63, 3.8) is 0 Å². The second-order valence-corrected chi connectivity index (χ2v) is 7.74. The largest absolute Gasteiger partial charge is 0.444 e. The monoisotopic (exact) mass is 409 g/mol. The number of aryl methyl sites for hydroxylation is 1. The number of nitrogens with one attached hydrogen (secondary N) is 1. The maximum absolute atomic E-state index is 11.7. The molecule has 6 nitrogen and oxygen atoms in total. The van der Waals surface area contributed by atoms with Gasteiger partial charge in [0.2, 0.25) is 0 Å². The van der Waals surface area contributed by atoms with Crippen molar-refractivity contribution < 1.29 is 14.6 Å². The fourth-order valence-corrected chi connectivity index (χ4v) is 2.82. The molecule has 0 bridgehead atoms.